The Kier molecular flexibility index (Phi) is 6.47. The van der Waals surface area contributed by atoms with E-state index in [1.54, 1.807) is 24.1 Å². The van der Waals surface area contributed by atoms with Gasteiger partial charge in [-0.3, -0.25) is 14.4 Å². The van der Waals surface area contributed by atoms with E-state index in [2.05, 4.69) is 10.6 Å². The fourth-order valence-corrected chi connectivity index (χ4v) is 4.03. The molecule has 0 radical (unpaired) electrons. The lowest BCUT2D eigenvalue weighted by Gasteiger charge is -2.24. The monoisotopic (exact) mass is 461 g/mol. The number of nitrogens with zero attached hydrogens (tertiary/aromatic N) is 1. The molecule has 2 unspecified atom stereocenters. The van der Waals surface area contributed by atoms with E-state index in [4.69, 9.17) is 11.6 Å². The van der Waals surface area contributed by atoms with Gasteiger partial charge >= 0.3 is 0 Å². The van der Waals surface area contributed by atoms with Crippen LogP contribution in [0.4, 0.5) is 5.69 Å². The highest BCUT2D eigenvalue weighted by molar-refractivity contribution is 6.30. The molecule has 6 nitrogen and oxygen atoms in total. The Morgan fingerprint density at radius 3 is 2.30 bits per heavy atom. The molecule has 0 spiro atoms. The molecule has 4 rings (SSSR count). The maximum Gasteiger partial charge on any atom is 0.253 e. The van der Waals surface area contributed by atoms with Crippen LogP contribution in [-0.4, -0.2) is 24.8 Å². The molecule has 2 atom stereocenters. The van der Waals surface area contributed by atoms with Crippen molar-refractivity contribution in [3.63, 3.8) is 0 Å². The predicted octanol–water partition coefficient (Wildman–Crippen LogP) is 4.09. The maximum absolute atomic E-state index is 13.3. The van der Waals surface area contributed by atoms with E-state index in [0.29, 0.717) is 10.6 Å². The molecule has 1 heterocycles. The first-order chi connectivity index (χ1) is 15.9. The van der Waals surface area contributed by atoms with E-state index in [1.165, 1.54) is 6.92 Å². The van der Waals surface area contributed by atoms with Crippen molar-refractivity contribution in [1.29, 1.82) is 0 Å². The van der Waals surface area contributed by atoms with Crippen LogP contribution in [-0.2, 0) is 20.9 Å². The second-order valence-corrected chi connectivity index (χ2v) is 8.45. The molecule has 0 aromatic heterocycles. The van der Waals surface area contributed by atoms with Gasteiger partial charge in [0.05, 0.1) is 5.69 Å². The summed E-state index contributed by atoms with van der Waals surface area (Å²) in [6.45, 7) is 1.80. The zero-order valence-electron chi connectivity index (χ0n) is 18.3. The number of amides is 3. The molecule has 3 aromatic carbocycles. The molecule has 7 heteroatoms. The van der Waals surface area contributed by atoms with Gasteiger partial charge in [-0.1, -0.05) is 66.2 Å². The SMILES string of the molecule is CC(C(=O)NCc1ccc(Cl)cc1)C(=O)NC1C(=O)N(C)c2ccccc2-c2ccccc21. The van der Waals surface area contributed by atoms with Crippen LogP contribution in [0, 0.1) is 5.92 Å². The molecule has 0 bridgehead atoms. The summed E-state index contributed by atoms with van der Waals surface area (Å²) in [6.07, 6.45) is 0. The van der Waals surface area contributed by atoms with Crippen LogP contribution in [0.25, 0.3) is 11.1 Å². The largest absolute Gasteiger partial charge is 0.351 e. The van der Waals surface area contributed by atoms with Crippen molar-refractivity contribution in [1.82, 2.24) is 10.6 Å². The van der Waals surface area contributed by atoms with Crippen LogP contribution in [0.2, 0.25) is 5.02 Å². The van der Waals surface area contributed by atoms with Crippen molar-refractivity contribution in [2.24, 2.45) is 5.92 Å². The minimum atomic E-state index is -0.979. The number of rotatable bonds is 5. The number of halogens is 1. The number of para-hydroxylation sites is 1. The zero-order chi connectivity index (χ0) is 23.5. The molecule has 0 fully saturated rings. The van der Waals surface area contributed by atoms with E-state index >= 15 is 0 Å². The first-order valence-electron chi connectivity index (χ1n) is 10.6. The average Bonchev–Trinajstić information content (AvgIpc) is 2.93. The van der Waals surface area contributed by atoms with Crippen LogP contribution in [0.15, 0.2) is 72.8 Å². The Morgan fingerprint density at radius 1 is 0.939 bits per heavy atom. The summed E-state index contributed by atoms with van der Waals surface area (Å²) in [4.78, 5) is 40.5. The van der Waals surface area contributed by atoms with Gasteiger partial charge in [0.15, 0.2) is 0 Å². The van der Waals surface area contributed by atoms with Gasteiger partial charge in [0.1, 0.15) is 12.0 Å². The smallest absolute Gasteiger partial charge is 0.253 e. The Balaban J connectivity index is 1.52. The summed E-state index contributed by atoms with van der Waals surface area (Å²) >= 11 is 5.89. The van der Waals surface area contributed by atoms with Crippen molar-refractivity contribution < 1.29 is 14.4 Å². The van der Waals surface area contributed by atoms with E-state index in [9.17, 15) is 14.4 Å². The summed E-state index contributed by atoms with van der Waals surface area (Å²) in [6, 6.07) is 21.3. The first kappa shape index (κ1) is 22.6. The molecule has 0 aliphatic carbocycles. The molecule has 1 aliphatic heterocycles. The van der Waals surface area contributed by atoms with Gasteiger partial charge in [0, 0.05) is 24.2 Å². The van der Waals surface area contributed by atoms with Crippen LogP contribution >= 0.6 is 11.6 Å². The van der Waals surface area contributed by atoms with Gasteiger partial charge < -0.3 is 15.5 Å². The van der Waals surface area contributed by atoms with Gasteiger partial charge in [-0.25, -0.2) is 0 Å². The van der Waals surface area contributed by atoms with Crippen molar-refractivity contribution in [2.45, 2.75) is 19.5 Å². The Morgan fingerprint density at radius 2 is 1.58 bits per heavy atom. The average molecular weight is 462 g/mol. The Bertz CT molecular complexity index is 1210. The number of fused-ring (bicyclic) bond motifs is 3. The van der Waals surface area contributed by atoms with E-state index < -0.39 is 23.8 Å². The second-order valence-electron chi connectivity index (χ2n) is 8.01. The predicted molar refractivity (Wildman–Crippen MR) is 129 cm³/mol. The topological polar surface area (TPSA) is 78.5 Å². The number of nitrogens with one attached hydrogen (secondary N) is 2. The number of carbonyl (C=O) groups is 3. The fraction of sp³-hybridized carbons (Fsp3) is 0.192. The zero-order valence-corrected chi connectivity index (χ0v) is 19.1. The molecule has 2 N–H and O–H groups in total. The van der Waals surface area contributed by atoms with Crippen LogP contribution < -0.4 is 15.5 Å². The number of likely N-dealkylation sites (N-methyl/N-ethyl adjacent to an activating group) is 1. The highest BCUT2D eigenvalue weighted by atomic mass is 35.5. The van der Waals surface area contributed by atoms with E-state index in [1.807, 2.05) is 60.7 Å². The molecule has 168 valence electrons. The van der Waals surface area contributed by atoms with Crippen molar-refractivity contribution in [2.75, 3.05) is 11.9 Å². The Hall–Kier alpha value is -3.64. The Labute approximate surface area is 197 Å². The molecular weight excluding hydrogens is 438 g/mol. The number of hydrogen-bond acceptors (Lipinski definition) is 3. The van der Waals surface area contributed by atoms with Gasteiger partial charge in [-0.05, 0) is 41.8 Å². The summed E-state index contributed by atoms with van der Waals surface area (Å²) in [7, 11) is 1.69. The summed E-state index contributed by atoms with van der Waals surface area (Å²) < 4.78 is 0. The van der Waals surface area contributed by atoms with Crippen LogP contribution in [0.3, 0.4) is 0 Å². The quantitative estimate of drug-likeness (QED) is 0.562. The fourth-order valence-electron chi connectivity index (χ4n) is 3.90. The lowest BCUT2D eigenvalue weighted by atomic mass is 9.95. The third-order valence-corrected chi connectivity index (χ3v) is 6.11. The van der Waals surface area contributed by atoms with E-state index in [0.717, 1.165) is 22.4 Å². The van der Waals surface area contributed by atoms with Gasteiger partial charge in [0.25, 0.3) is 5.91 Å². The maximum atomic E-state index is 13.3. The normalized spacial score (nSPS) is 15.7. The van der Waals surface area contributed by atoms with E-state index in [-0.39, 0.29) is 12.5 Å². The van der Waals surface area contributed by atoms with Crippen molar-refractivity contribution in [3.8, 4) is 11.1 Å². The van der Waals surface area contributed by atoms with Gasteiger partial charge in [0.2, 0.25) is 11.8 Å². The van der Waals surface area contributed by atoms with Crippen LogP contribution in [0.5, 0.6) is 0 Å². The van der Waals surface area contributed by atoms with Crippen molar-refractivity contribution in [3.05, 3.63) is 88.9 Å². The van der Waals surface area contributed by atoms with Gasteiger partial charge in [-0.15, -0.1) is 0 Å². The third kappa shape index (κ3) is 4.61. The standard InChI is InChI=1S/C26H24ClN3O3/c1-16(24(31)28-15-17-11-13-18(27)14-12-17)25(32)29-23-21-9-4-3-7-19(21)20-8-5-6-10-22(20)30(2)26(23)33/h3-14,16,23H,15H2,1-2H3,(H,28,31)(H,29,32). The molecule has 0 saturated heterocycles. The highest BCUT2D eigenvalue weighted by Gasteiger charge is 2.34. The second kappa shape index (κ2) is 9.46. The highest BCUT2D eigenvalue weighted by Crippen LogP contribution is 2.39. The van der Waals surface area contributed by atoms with Crippen LogP contribution in [0.1, 0.15) is 24.1 Å². The van der Waals surface area contributed by atoms with Gasteiger partial charge in [-0.2, -0.15) is 0 Å². The molecule has 33 heavy (non-hydrogen) atoms. The van der Waals surface area contributed by atoms with Crippen molar-refractivity contribution >= 4 is 35.0 Å². The molecule has 1 aliphatic rings. The summed E-state index contributed by atoms with van der Waals surface area (Å²) in [5.41, 5.74) is 4.11. The minimum Gasteiger partial charge on any atom is -0.351 e. The lowest BCUT2D eigenvalue weighted by Crippen LogP contribution is -2.45. The number of hydrogen-bond donors (Lipinski definition) is 2. The first-order valence-corrected chi connectivity index (χ1v) is 11.0. The summed E-state index contributed by atoms with van der Waals surface area (Å²) in [5.74, 6) is -2.19. The number of carbonyl (C=O) groups excluding carboxylic acids is 3. The molecule has 3 amide bonds. The molecule has 0 saturated carbocycles. The summed E-state index contributed by atoms with van der Waals surface area (Å²) in [5, 5.41) is 6.18. The molecular formula is C26H24ClN3O3. The number of benzene rings is 3. The lowest BCUT2D eigenvalue weighted by molar-refractivity contribution is -0.136. The third-order valence-electron chi connectivity index (χ3n) is 5.86. The number of anilines is 1. The molecule has 3 aromatic rings. The minimum absolute atomic E-state index is 0.269.